The van der Waals surface area contributed by atoms with Gasteiger partial charge in [0.1, 0.15) is 11.4 Å². The first-order valence-corrected chi connectivity index (χ1v) is 11.9. The Balaban J connectivity index is 1.35. The van der Waals surface area contributed by atoms with Gasteiger partial charge in [0.15, 0.2) is 0 Å². The Morgan fingerprint density at radius 1 is 1.00 bits per heavy atom. The van der Waals surface area contributed by atoms with Crippen LogP contribution in [0.5, 0.6) is 0 Å². The van der Waals surface area contributed by atoms with E-state index in [1.165, 1.54) is 0 Å². The van der Waals surface area contributed by atoms with E-state index in [0.29, 0.717) is 31.7 Å². The third kappa shape index (κ3) is 4.32. The molecule has 0 radical (unpaired) electrons. The van der Waals surface area contributed by atoms with E-state index in [1.807, 2.05) is 39.0 Å². The van der Waals surface area contributed by atoms with Gasteiger partial charge in [0.25, 0.3) is 5.91 Å². The van der Waals surface area contributed by atoms with Crippen LogP contribution in [0.3, 0.4) is 0 Å². The molecule has 1 N–H and O–H groups in total. The summed E-state index contributed by atoms with van der Waals surface area (Å²) in [6.07, 6.45) is 0.647. The number of rotatable bonds is 2. The topological polar surface area (TPSA) is 79.7 Å². The number of benzene rings is 2. The first-order chi connectivity index (χ1) is 16.3. The van der Waals surface area contributed by atoms with Crippen LogP contribution in [0.25, 0.3) is 22.4 Å². The second kappa shape index (κ2) is 8.66. The van der Waals surface area contributed by atoms with Gasteiger partial charge < -0.3 is 24.4 Å². The number of hydrogen-bond donors (Lipinski definition) is 1. The van der Waals surface area contributed by atoms with Gasteiger partial charge in [-0.3, -0.25) is 4.79 Å². The Morgan fingerprint density at radius 3 is 2.56 bits per heavy atom. The normalized spacial score (nSPS) is 16.7. The Hall–Kier alpha value is -3.55. The Labute approximate surface area is 199 Å². The minimum atomic E-state index is -0.487. The molecule has 2 aliphatic heterocycles. The first kappa shape index (κ1) is 22.3. The van der Waals surface area contributed by atoms with Crippen molar-refractivity contribution in [1.82, 2.24) is 19.8 Å². The standard InChI is InChI=1S/C26H31N5O3/c1-26(2,3)34-25(33)30-14-5-13-29(16-17-30)19-10-8-18(9-11-19)23-28-21-7-4-6-20-22(21)31(23)15-12-27-24(20)32/h4,6-11H,5,12-17H2,1-3H3,(H,27,32). The fourth-order valence-corrected chi connectivity index (χ4v) is 4.69. The largest absolute Gasteiger partial charge is 0.444 e. The van der Waals surface area contributed by atoms with Crippen LogP contribution in [0.1, 0.15) is 37.6 Å². The zero-order valence-electron chi connectivity index (χ0n) is 20.0. The molecule has 178 valence electrons. The van der Waals surface area contributed by atoms with Crippen molar-refractivity contribution >= 4 is 28.7 Å². The molecule has 0 unspecified atom stereocenters. The predicted octanol–water partition coefficient (Wildman–Crippen LogP) is 3.89. The zero-order chi connectivity index (χ0) is 23.9. The van der Waals surface area contributed by atoms with Crippen LogP contribution >= 0.6 is 0 Å². The maximum atomic E-state index is 12.5. The number of hydrogen-bond acceptors (Lipinski definition) is 5. The minimum absolute atomic E-state index is 0.0484. The molecule has 2 amide bonds. The lowest BCUT2D eigenvalue weighted by Crippen LogP contribution is -2.39. The van der Waals surface area contributed by atoms with Crippen LogP contribution in [0.4, 0.5) is 10.5 Å². The van der Waals surface area contributed by atoms with Crippen LogP contribution in [0.2, 0.25) is 0 Å². The van der Waals surface area contributed by atoms with E-state index < -0.39 is 5.60 Å². The van der Waals surface area contributed by atoms with Gasteiger partial charge in [0.05, 0.1) is 16.6 Å². The van der Waals surface area contributed by atoms with Gasteiger partial charge in [0, 0.05) is 50.5 Å². The molecule has 2 aliphatic rings. The molecule has 1 aromatic heterocycles. The maximum absolute atomic E-state index is 12.5. The second-order valence-electron chi connectivity index (χ2n) is 9.87. The van der Waals surface area contributed by atoms with Crippen LogP contribution in [-0.2, 0) is 11.3 Å². The fourth-order valence-electron chi connectivity index (χ4n) is 4.69. The Kier molecular flexibility index (Phi) is 5.67. The molecule has 2 aromatic carbocycles. The minimum Gasteiger partial charge on any atom is -0.444 e. The number of nitrogens with zero attached hydrogens (tertiary/aromatic N) is 4. The molecule has 8 nitrogen and oxygen atoms in total. The third-order valence-electron chi connectivity index (χ3n) is 6.27. The Morgan fingerprint density at radius 2 is 1.79 bits per heavy atom. The molecule has 34 heavy (non-hydrogen) atoms. The molecule has 5 rings (SSSR count). The summed E-state index contributed by atoms with van der Waals surface area (Å²) in [6, 6.07) is 14.1. The van der Waals surface area contributed by atoms with Crippen LogP contribution in [-0.4, -0.2) is 64.8 Å². The van der Waals surface area contributed by atoms with Gasteiger partial charge in [-0.05, 0) is 63.6 Å². The van der Waals surface area contributed by atoms with Gasteiger partial charge in [0.2, 0.25) is 0 Å². The van der Waals surface area contributed by atoms with E-state index >= 15 is 0 Å². The third-order valence-corrected chi connectivity index (χ3v) is 6.27. The highest BCUT2D eigenvalue weighted by Crippen LogP contribution is 2.30. The van der Waals surface area contributed by atoms with Crippen molar-refractivity contribution < 1.29 is 14.3 Å². The molecule has 0 saturated carbocycles. The van der Waals surface area contributed by atoms with Crippen molar-refractivity contribution in [1.29, 1.82) is 0 Å². The molecule has 0 bridgehead atoms. The molecule has 3 aromatic rings. The van der Waals surface area contributed by atoms with Gasteiger partial charge in [-0.25, -0.2) is 9.78 Å². The first-order valence-electron chi connectivity index (χ1n) is 11.9. The number of imidazole rings is 1. The van der Waals surface area contributed by atoms with Crippen LogP contribution in [0, 0.1) is 0 Å². The number of nitrogens with one attached hydrogen (secondary N) is 1. The summed E-state index contributed by atoms with van der Waals surface area (Å²) in [5.41, 5.74) is 4.06. The van der Waals surface area contributed by atoms with Crippen molar-refractivity contribution in [2.24, 2.45) is 0 Å². The molecule has 3 heterocycles. The summed E-state index contributed by atoms with van der Waals surface area (Å²) in [4.78, 5) is 33.9. The maximum Gasteiger partial charge on any atom is 0.410 e. The van der Waals surface area contributed by atoms with Crippen LogP contribution < -0.4 is 10.2 Å². The summed E-state index contributed by atoms with van der Waals surface area (Å²) >= 11 is 0. The van der Waals surface area contributed by atoms with Crippen molar-refractivity contribution in [3.63, 3.8) is 0 Å². The monoisotopic (exact) mass is 461 g/mol. The number of carbonyl (C=O) groups excluding carboxylic acids is 2. The number of ether oxygens (including phenoxy) is 1. The van der Waals surface area contributed by atoms with E-state index in [4.69, 9.17) is 9.72 Å². The van der Waals surface area contributed by atoms with Crippen LogP contribution in [0.15, 0.2) is 42.5 Å². The van der Waals surface area contributed by atoms with Gasteiger partial charge in [-0.1, -0.05) is 6.07 Å². The molecule has 1 saturated heterocycles. The smallest absolute Gasteiger partial charge is 0.410 e. The van der Waals surface area contributed by atoms with E-state index in [0.717, 1.165) is 47.6 Å². The average molecular weight is 462 g/mol. The van der Waals surface area contributed by atoms with Crippen molar-refractivity contribution in [3.8, 4) is 11.4 Å². The molecule has 8 heteroatoms. The van der Waals surface area contributed by atoms with Gasteiger partial charge in [-0.2, -0.15) is 0 Å². The number of aromatic nitrogens is 2. The SMILES string of the molecule is CC(C)(C)OC(=O)N1CCCN(c2ccc(-c3nc4cccc5c4n3CCNC5=O)cc2)CC1. The van der Waals surface area contributed by atoms with Gasteiger partial charge in [-0.15, -0.1) is 0 Å². The number of anilines is 1. The van der Waals surface area contributed by atoms with Crippen molar-refractivity contribution in [3.05, 3.63) is 48.0 Å². The number of amides is 2. The number of para-hydroxylation sites is 1. The zero-order valence-corrected chi connectivity index (χ0v) is 20.0. The second-order valence-corrected chi connectivity index (χ2v) is 9.87. The summed E-state index contributed by atoms with van der Waals surface area (Å²) < 4.78 is 7.69. The predicted molar refractivity (Wildman–Crippen MR) is 132 cm³/mol. The fraction of sp³-hybridized carbons (Fsp3) is 0.423. The lowest BCUT2D eigenvalue weighted by molar-refractivity contribution is 0.0263. The van der Waals surface area contributed by atoms with E-state index in [1.54, 1.807) is 4.90 Å². The Bertz CT molecular complexity index is 1230. The molecule has 0 aliphatic carbocycles. The molecule has 0 atom stereocenters. The molecular weight excluding hydrogens is 430 g/mol. The average Bonchev–Trinajstić information content (AvgIpc) is 2.92. The lowest BCUT2D eigenvalue weighted by Gasteiger charge is -2.27. The van der Waals surface area contributed by atoms with Crippen molar-refractivity contribution in [2.75, 3.05) is 37.6 Å². The molecule has 1 fully saturated rings. The quantitative estimate of drug-likeness (QED) is 0.626. The summed E-state index contributed by atoms with van der Waals surface area (Å²) in [6.45, 7) is 9.91. The molecule has 0 spiro atoms. The summed E-state index contributed by atoms with van der Waals surface area (Å²) in [5.74, 6) is 0.824. The summed E-state index contributed by atoms with van der Waals surface area (Å²) in [7, 11) is 0. The van der Waals surface area contributed by atoms with E-state index in [2.05, 4.69) is 39.0 Å². The lowest BCUT2D eigenvalue weighted by atomic mass is 10.1. The summed E-state index contributed by atoms with van der Waals surface area (Å²) in [5, 5.41) is 2.97. The molecular formula is C26H31N5O3. The highest BCUT2D eigenvalue weighted by molar-refractivity contribution is 6.06. The van der Waals surface area contributed by atoms with E-state index in [-0.39, 0.29) is 12.0 Å². The highest BCUT2D eigenvalue weighted by Gasteiger charge is 2.25. The van der Waals surface area contributed by atoms with E-state index in [9.17, 15) is 9.59 Å². The van der Waals surface area contributed by atoms with Gasteiger partial charge >= 0.3 is 6.09 Å². The highest BCUT2D eigenvalue weighted by atomic mass is 16.6. The van der Waals surface area contributed by atoms with Crippen molar-refractivity contribution in [2.45, 2.75) is 39.3 Å². The number of carbonyl (C=O) groups is 2.